The number of methoxy groups -OCH3 is 1. The number of carboxylic acids is 1. The van der Waals surface area contributed by atoms with Crippen LogP contribution in [0.4, 0.5) is 30.7 Å². The van der Waals surface area contributed by atoms with Gasteiger partial charge in [-0.15, -0.1) is 0 Å². The fraction of sp³-hybridized carbons (Fsp3) is 0.400. The van der Waals surface area contributed by atoms with Crippen LogP contribution in [0.3, 0.4) is 0 Å². The Morgan fingerprint density at radius 3 is 1.96 bits per heavy atom. The lowest BCUT2D eigenvalue weighted by molar-refractivity contribution is -0.212. The molecule has 0 saturated heterocycles. The first-order valence-corrected chi connectivity index (χ1v) is 6.72. The summed E-state index contributed by atoms with van der Waals surface area (Å²) in [6, 6.07) is 4.80. The van der Waals surface area contributed by atoms with Crippen molar-refractivity contribution < 1.29 is 45.4 Å². The van der Waals surface area contributed by atoms with Gasteiger partial charge in [0.15, 0.2) is 0 Å². The van der Waals surface area contributed by atoms with Crippen molar-refractivity contribution in [3.05, 3.63) is 35.4 Å². The van der Waals surface area contributed by atoms with Crippen molar-refractivity contribution in [3.63, 3.8) is 0 Å². The number of hydrogen-bond acceptors (Lipinski definition) is 2. The third-order valence-corrected chi connectivity index (χ3v) is 3.18. The Morgan fingerprint density at radius 2 is 1.56 bits per heavy atom. The molecule has 0 fully saturated rings. The summed E-state index contributed by atoms with van der Waals surface area (Å²) in [6.45, 7) is 0. The van der Waals surface area contributed by atoms with Crippen LogP contribution >= 0.6 is 0 Å². The Hall–Kier alpha value is -2.26. The van der Waals surface area contributed by atoms with Crippen LogP contribution in [0.5, 0.6) is 5.75 Å². The summed E-state index contributed by atoms with van der Waals surface area (Å²) < 4.78 is 95.9. The SMILES string of the molecule is COc1ccc(C=C(C(=O)O)C(F)(F)C(F)(F)CCC(F)(F)F)cc1. The van der Waals surface area contributed by atoms with E-state index in [1.54, 1.807) is 0 Å². The average molecular weight is 374 g/mol. The molecular weight excluding hydrogens is 361 g/mol. The maximum absolute atomic E-state index is 13.9. The molecule has 0 radical (unpaired) electrons. The smallest absolute Gasteiger partial charge is 0.389 e. The van der Waals surface area contributed by atoms with Crippen molar-refractivity contribution in [2.45, 2.75) is 30.9 Å². The van der Waals surface area contributed by atoms with Gasteiger partial charge in [0, 0.05) is 12.8 Å². The standard InChI is InChI=1S/C15H13F7O3/c1-25-10-4-2-9(3-5-10)8-11(12(23)24)15(21,22)13(16,17)6-7-14(18,19)20/h2-5,8H,6-7H2,1H3,(H,23,24). The highest BCUT2D eigenvalue weighted by Gasteiger charge is 2.61. The lowest BCUT2D eigenvalue weighted by Gasteiger charge is -2.27. The van der Waals surface area contributed by atoms with E-state index in [0.717, 1.165) is 12.1 Å². The van der Waals surface area contributed by atoms with Crippen LogP contribution in [0.15, 0.2) is 29.8 Å². The Labute approximate surface area is 137 Å². The van der Waals surface area contributed by atoms with Gasteiger partial charge in [0.1, 0.15) is 11.3 Å². The van der Waals surface area contributed by atoms with Crippen molar-refractivity contribution in [2.24, 2.45) is 0 Å². The Kier molecular flexibility index (Phi) is 6.09. The van der Waals surface area contributed by atoms with Gasteiger partial charge >= 0.3 is 24.0 Å². The normalized spacial score (nSPS) is 13.7. The first-order valence-electron chi connectivity index (χ1n) is 6.72. The van der Waals surface area contributed by atoms with Crippen LogP contribution in [-0.4, -0.2) is 36.2 Å². The fourth-order valence-electron chi connectivity index (χ4n) is 1.81. The van der Waals surface area contributed by atoms with Crippen LogP contribution < -0.4 is 4.74 Å². The minimum absolute atomic E-state index is 0.163. The molecule has 0 unspecified atom stereocenters. The number of carbonyl (C=O) groups is 1. The molecule has 0 bridgehead atoms. The van der Waals surface area contributed by atoms with Crippen LogP contribution in [0.2, 0.25) is 0 Å². The number of alkyl halides is 7. The Balaban J connectivity index is 3.21. The Bertz CT molecular complexity index is 634. The first kappa shape index (κ1) is 20.8. The Morgan fingerprint density at radius 1 is 1.04 bits per heavy atom. The van der Waals surface area contributed by atoms with Gasteiger partial charge in [0.05, 0.1) is 7.11 Å². The average Bonchev–Trinajstić information content (AvgIpc) is 2.50. The van der Waals surface area contributed by atoms with Gasteiger partial charge in [0.2, 0.25) is 0 Å². The predicted octanol–water partition coefficient (Wildman–Crippen LogP) is 4.78. The minimum atomic E-state index is -5.30. The van der Waals surface area contributed by atoms with Gasteiger partial charge in [-0.1, -0.05) is 12.1 Å². The number of benzene rings is 1. The van der Waals surface area contributed by atoms with Crippen molar-refractivity contribution in [1.29, 1.82) is 0 Å². The number of halogens is 7. The van der Waals surface area contributed by atoms with Crippen LogP contribution in [-0.2, 0) is 4.79 Å². The van der Waals surface area contributed by atoms with Gasteiger partial charge in [-0.2, -0.15) is 30.7 Å². The molecule has 1 aromatic rings. The number of ether oxygens (including phenoxy) is 1. The van der Waals surface area contributed by atoms with E-state index in [1.165, 1.54) is 19.2 Å². The molecule has 1 rings (SSSR count). The molecule has 0 aliphatic heterocycles. The molecule has 0 saturated carbocycles. The highest BCUT2D eigenvalue weighted by atomic mass is 19.4. The van der Waals surface area contributed by atoms with E-state index >= 15 is 0 Å². The van der Waals surface area contributed by atoms with E-state index in [1.807, 2.05) is 0 Å². The maximum atomic E-state index is 13.9. The van der Waals surface area contributed by atoms with Gasteiger partial charge < -0.3 is 9.84 Å². The molecule has 1 aromatic carbocycles. The second-order valence-electron chi connectivity index (χ2n) is 5.03. The number of aliphatic carboxylic acids is 1. The van der Waals surface area contributed by atoms with E-state index in [-0.39, 0.29) is 11.6 Å². The van der Waals surface area contributed by atoms with E-state index in [0.29, 0.717) is 5.75 Å². The molecule has 0 heterocycles. The number of hydrogen-bond donors (Lipinski definition) is 1. The third kappa shape index (κ3) is 5.36. The highest BCUT2D eigenvalue weighted by molar-refractivity contribution is 5.94. The number of carboxylic acid groups (broad SMARTS) is 1. The summed E-state index contributed by atoms with van der Waals surface area (Å²) in [5.41, 5.74) is -2.17. The molecule has 140 valence electrons. The molecular formula is C15H13F7O3. The minimum Gasteiger partial charge on any atom is -0.497 e. The summed E-state index contributed by atoms with van der Waals surface area (Å²) in [7, 11) is 1.31. The van der Waals surface area contributed by atoms with Crippen molar-refractivity contribution in [1.82, 2.24) is 0 Å². The maximum Gasteiger partial charge on any atom is 0.389 e. The van der Waals surface area contributed by atoms with Crippen molar-refractivity contribution in [3.8, 4) is 5.75 Å². The lowest BCUT2D eigenvalue weighted by Crippen LogP contribution is -2.44. The van der Waals surface area contributed by atoms with E-state index < -0.39 is 42.4 Å². The zero-order chi connectivity index (χ0) is 19.5. The fourth-order valence-corrected chi connectivity index (χ4v) is 1.81. The summed E-state index contributed by atoms with van der Waals surface area (Å²) in [5, 5.41) is 8.83. The van der Waals surface area contributed by atoms with Gasteiger partial charge in [-0.25, -0.2) is 4.79 Å². The summed E-state index contributed by atoms with van der Waals surface area (Å²) in [6.07, 6.45) is -9.21. The predicted molar refractivity (Wildman–Crippen MR) is 73.8 cm³/mol. The largest absolute Gasteiger partial charge is 0.497 e. The second-order valence-corrected chi connectivity index (χ2v) is 5.03. The monoisotopic (exact) mass is 374 g/mol. The van der Waals surface area contributed by atoms with Crippen molar-refractivity contribution >= 4 is 12.0 Å². The molecule has 0 aliphatic rings. The molecule has 10 heteroatoms. The van der Waals surface area contributed by atoms with Crippen LogP contribution in [0.25, 0.3) is 6.08 Å². The van der Waals surface area contributed by atoms with Crippen molar-refractivity contribution in [2.75, 3.05) is 7.11 Å². The molecule has 0 aliphatic carbocycles. The quantitative estimate of drug-likeness (QED) is 0.552. The van der Waals surface area contributed by atoms with E-state index in [2.05, 4.69) is 0 Å². The topological polar surface area (TPSA) is 46.5 Å². The molecule has 0 aromatic heterocycles. The summed E-state index contributed by atoms with van der Waals surface area (Å²) in [5.74, 6) is -12.6. The molecule has 1 N–H and O–H groups in total. The van der Waals surface area contributed by atoms with E-state index in [4.69, 9.17) is 9.84 Å². The highest BCUT2D eigenvalue weighted by Crippen LogP contribution is 2.45. The van der Waals surface area contributed by atoms with Gasteiger partial charge in [-0.05, 0) is 23.8 Å². The number of rotatable bonds is 7. The summed E-state index contributed by atoms with van der Waals surface area (Å²) in [4.78, 5) is 11.0. The molecule has 25 heavy (non-hydrogen) atoms. The van der Waals surface area contributed by atoms with Gasteiger partial charge in [-0.3, -0.25) is 0 Å². The molecule has 0 atom stereocenters. The second kappa shape index (κ2) is 7.32. The van der Waals surface area contributed by atoms with Crippen LogP contribution in [0, 0.1) is 0 Å². The zero-order valence-corrected chi connectivity index (χ0v) is 12.7. The van der Waals surface area contributed by atoms with Crippen LogP contribution in [0.1, 0.15) is 18.4 Å². The first-order chi connectivity index (χ1) is 11.3. The zero-order valence-electron chi connectivity index (χ0n) is 12.7. The summed E-state index contributed by atoms with van der Waals surface area (Å²) >= 11 is 0. The molecule has 0 spiro atoms. The van der Waals surface area contributed by atoms with Gasteiger partial charge in [0.25, 0.3) is 0 Å². The lowest BCUT2D eigenvalue weighted by atomic mass is 9.96. The molecule has 0 amide bonds. The van der Waals surface area contributed by atoms with E-state index in [9.17, 15) is 35.5 Å². The third-order valence-electron chi connectivity index (χ3n) is 3.18. The molecule has 3 nitrogen and oxygen atoms in total.